The summed E-state index contributed by atoms with van der Waals surface area (Å²) in [5.74, 6) is -0.456. The van der Waals surface area contributed by atoms with Crippen molar-refractivity contribution in [3.63, 3.8) is 0 Å². The van der Waals surface area contributed by atoms with Crippen molar-refractivity contribution in [2.24, 2.45) is 0 Å². The molecule has 1 aromatic carbocycles. The number of fused-ring (bicyclic) bond motifs is 1. The van der Waals surface area contributed by atoms with Crippen LogP contribution in [0.3, 0.4) is 0 Å². The van der Waals surface area contributed by atoms with Crippen LogP contribution in [0.25, 0.3) is 10.9 Å². The highest BCUT2D eigenvalue weighted by molar-refractivity contribution is 8.00. The number of rotatable bonds is 8. The molecule has 0 unspecified atom stereocenters. The van der Waals surface area contributed by atoms with Gasteiger partial charge in [0, 0.05) is 26.8 Å². The Morgan fingerprint density at radius 2 is 2.07 bits per heavy atom. The maximum Gasteiger partial charge on any atom is 0.321 e. The van der Waals surface area contributed by atoms with Gasteiger partial charge in [-0.2, -0.15) is 0 Å². The van der Waals surface area contributed by atoms with Crippen molar-refractivity contribution in [1.29, 1.82) is 0 Å². The van der Waals surface area contributed by atoms with Crippen molar-refractivity contribution in [2.75, 3.05) is 20.3 Å². The van der Waals surface area contributed by atoms with Crippen LogP contribution in [0.4, 0.5) is 4.79 Å². The van der Waals surface area contributed by atoms with E-state index in [4.69, 9.17) is 4.74 Å². The van der Waals surface area contributed by atoms with Crippen molar-refractivity contribution in [3.05, 3.63) is 34.6 Å². The van der Waals surface area contributed by atoms with Crippen LogP contribution in [-0.2, 0) is 16.1 Å². The van der Waals surface area contributed by atoms with Gasteiger partial charge in [-0.05, 0) is 32.4 Å². The SMILES string of the molecule is CCOCCCn1c(S[C@@H](C)C(=O)NC(=O)NC)nc2ccccc2c1=O. The van der Waals surface area contributed by atoms with Crippen molar-refractivity contribution < 1.29 is 14.3 Å². The van der Waals surface area contributed by atoms with Crippen LogP contribution in [-0.4, -0.2) is 47.0 Å². The molecule has 2 rings (SSSR count). The molecule has 1 heterocycles. The summed E-state index contributed by atoms with van der Waals surface area (Å²) in [5.41, 5.74) is 0.420. The Labute approximate surface area is 161 Å². The van der Waals surface area contributed by atoms with E-state index >= 15 is 0 Å². The van der Waals surface area contributed by atoms with Gasteiger partial charge in [-0.25, -0.2) is 9.78 Å². The lowest BCUT2D eigenvalue weighted by atomic mass is 10.2. The fraction of sp³-hybridized carbons (Fsp3) is 0.444. The van der Waals surface area contributed by atoms with E-state index in [0.717, 1.165) is 11.8 Å². The number of benzene rings is 1. The first-order chi connectivity index (χ1) is 13.0. The molecule has 146 valence electrons. The third-order valence-corrected chi connectivity index (χ3v) is 4.91. The van der Waals surface area contributed by atoms with Crippen molar-refractivity contribution >= 4 is 34.6 Å². The molecule has 9 heteroatoms. The van der Waals surface area contributed by atoms with Gasteiger partial charge in [-0.1, -0.05) is 23.9 Å². The smallest absolute Gasteiger partial charge is 0.321 e. The van der Waals surface area contributed by atoms with Crippen molar-refractivity contribution in [2.45, 2.75) is 37.2 Å². The van der Waals surface area contributed by atoms with E-state index in [1.54, 1.807) is 29.7 Å². The number of carbonyl (C=O) groups excluding carboxylic acids is 2. The molecule has 0 spiro atoms. The Kier molecular flexibility index (Phi) is 7.81. The molecule has 8 nitrogen and oxygen atoms in total. The van der Waals surface area contributed by atoms with E-state index in [9.17, 15) is 14.4 Å². The maximum atomic E-state index is 12.9. The number of hydrogen-bond acceptors (Lipinski definition) is 6. The minimum Gasteiger partial charge on any atom is -0.382 e. The number of nitrogens with one attached hydrogen (secondary N) is 2. The van der Waals surface area contributed by atoms with Crippen LogP contribution in [0.5, 0.6) is 0 Å². The molecule has 3 amide bonds. The topological polar surface area (TPSA) is 102 Å². The van der Waals surface area contributed by atoms with Gasteiger partial charge >= 0.3 is 6.03 Å². The first-order valence-corrected chi connectivity index (χ1v) is 9.62. The molecule has 1 aromatic heterocycles. The van der Waals surface area contributed by atoms with Gasteiger partial charge in [0.25, 0.3) is 5.56 Å². The van der Waals surface area contributed by atoms with Crippen molar-refractivity contribution in [3.8, 4) is 0 Å². The highest BCUT2D eigenvalue weighted by atomic mass is 32.2. The molecule has 2 aromatic rings. The number of imide groups is 1. The van der Waals surface area contributed by atoms with Gasteiger partial charge < -0.3 is 10.1 Å². The summed E-state index contributed by atoms with van der Waals surface area (Å²) in [7, 11) is 1.43. The number of urea groups is 1. The third kappa shape index (κ3) is 5.54. The Balaban J connectivity index is 2.30. The molecule has 0 aliphatic carbocycles. The molecular formula is C18H24N4O4S. The molecule has 2 N–H and O–H groups in total. The summed E-state index contributed by atoms with van der Waals surface area (Å²) in [6, 6.07) is 6.53. The number of carbonyl (C=O) groups is 2. The first-order valence-electron chi connectivity index (χ1n) is 8.74. The summed E-state index contributed by atoms with van der Waals surface area (Å²) < 4.78 is 6.91. The summed E-state index contributed by atoms with van der Waals surface area (Å²) in [4.78, 5) is 40.9. The molecule has 0 bridgehead atoms. The minimum absolute atomic E-state index is 0.154. The van der Waals surface area contributed by atoms with Crippen LogP contribution >= 0.6 is 11.8 Å². The van der Waals surface area contributed by atoms with Gasteiger partial charge in [0.2, 0.25) is 5.91 Å². The molecule has 0 aliphatic heterocycles. The monoisotopic (exact) mass is 392 g/mol. The van der Waals surface area contributed by atoms with Crippen LogP contribution in [0.1, 0.15) is 20.3 Å². The zero-order valence-electron chi connectivity index (χ0n) is 15.7. The van der Waals surface area contributed by atoms with Crippen LogP contribution in [0.2, 0.25) is 0 Å². The van der Waals surface area contributed by atoms with E-state index in [-0.39, 0.29) is 5.56 Å². The number of hydrogen-bond donors (Lipinski definition) is 2. The van der Waals surface area contributed by atoms with Crippen LogP contribution < -0.4 is 16.2 Å². The molecule has 0 saturated heterocycles. The standard InChI is InChI=1S/C18H24N4O4S/c1-4-26-11-7-10-22-16(24)13-8-5-6-9-14(13)20-18(22)27-12(2)15(23)21-17(25)19-3/h5-6,8-9,12H,4,7,10-11H2,1-3H3,(H2,19,21,23,25)/t12-/m0/s1. The molecule has 1 atom stereocenters. The third-order valence-electron chi connectivity index (χ3n) is 3.82. The van der Waals surface area contributed by atoms with E-state index < -0.39 is 17.2 Å². The van der Waals surface area contributed by atoms with Crippen LogP contribution in [0.15, 0.2) is 34.2 Å². The number of para-hydroxylation sites is 1. The van der Waals surface area contributed by atoms with E-state index in [2.05, 4.69) is 15.6 Å². The normalized spacial score (nSPS) is 12.0. The fourth-order valence-electron chi connectivity index (χ4n) is 2.39. The summed E-state index contributed by atoms with van der Waals surface area (Å²) in [6.45, 7) is 5.16. The lowest BCUT2D eigenvalue weighted by Gasteiger charge is -2.16. The number of amides is 3. The Bertz CT molecular complexity index is 868. The van der Waals surface area contributed by atoms with E-state index in [1.807, 2.05) is 13.0 Å². The molecule has 27 heavy (non-hydrogen) atoms. The number of ether oxygens (including phenoxy) is 1. The van der Waals surface area contributed by atoms with Gasteiger partial charge in [0.05, 0.1) is 16.2 Å². The van der Waals surface area contributed by atoms with Gasteiger partial charge in [-0.3, -0.25) is 19.5 Å². The van der Waals surface area contributed by atoms with Gasteiger partial charge in [0.15, 0.2) is 5.16 Å². The Morgan fingerprint density at radius 1 is 1.33 bits per heavy atom. The van der Waals surface area contributed by atoms with Gasteiger partial charge in [-0.15, -0.1) is 0 Å². The molecular weight excluding hydrogens is 368 g/mol. The average Bonchev–Trinajstić information content (AvgIpc) is 2.67. The summed E-state index contributed by atoms with van der Waals surface area (Å²) >= 11 is 1.14. The quantitative estimate of drug-likeness (QED) is 0.403. The molecule has 0 fully saturated rings. The fourth-order valence-corrected chi connectivity index (χ4v) is 3.33. The summed E-state index contributed by atoms with van der Waals surface area (Å²) in [5, 5.41) is 4.93. The zero-order valence-corrected chi connectivity index (χ0v) is 16.5. The summed E-state index contributed by atoms with van der Waals surface area (Å²) in [6.07, 6.45) is 0.653. The lowest BCUT2D eigenvalue weighted by Crippen LogP contribution is -2.41. The average molecular weight is 392 g/mol. The molecule has 0 aliphatic rings. The second-order valence-electron chi connectivity index (χ2n) is 5.75. The Morgan fingerprint density at radius 3 is 2.78 bits per heavy atom. The minimum atomic E-state index is -0.603. The van der Waals surface area contributed by atoms with Crippen molar-refractivity contribution in [1.82, 2.24) is 20.2 Å². The van der Waals surface area contributed by atoms with E-state index in [1.165, 1.54) is 7.05 Å². The zero-order chi connectivity index (χ0) is 19.8. The largest absolute Gasteiger partial charge is 0.382 e. The second-order valence-corrected chi connectivity index (χ2v) is 7.06. The predicted molar refractivity (Wildman–Crippen MR) is 105 cm³/mol. The lowest BCUT2D eigenvalue weighted by molar-refractivity contribution is -0.119. The predicted octanol–water partition coefficient (Wildman–Crippen LogP) is 1.76. The van der Waals surface area contributed by atoms with Crippen LogP contribution in [0, 0.1) is 0 Å². The number of nitrogens with zero attached hydrogens (tertiary/aromatic N) is 2. The molecule has 0 saturated carbocycles. The second kappa shape index (κ2) is 10.1. The highest BCUT2D eigenvalue weighted by Gasteiger charge is 2.20. The van der Waals surface area contributed by atoms with Gasteiger partial charge in [0.1, 0.15) is 0 Å². The Hall–Kier alpha value is -2.39. The van der Waals surface area contributed by atoms with E-state index in [0.29, 0.717) is 42.2 Å². The number of thioether (sulfide) groups is 1. The maximum absolute atomic E-state index is 12.9. The first kappa shape index (κ1) is 20.9. The highest BCUT2D eigenvalue weighted by Crippen LogP contribution is 2.22. The molecule has 0 radical (unpaired) electrons. The number of aromatic nitrogens is 2.